The molecular formula is C20H21N3O3S. The summed E-state index contributed by atoms with van der Waals surface area (Å²) in [5.41, 5.74) is 1.70. The van der Waals surface area contributed by atoms with Crippen LogP contribution in [0.4, 0.5) is 0 Å². The molecule has 1 aliphatic rings. The van der Waals surface area contributed by atoms with Gasteiger partial charge >= 0.3 is 0 Å². The number of aromatic nitrogens is 2. The normalized spacial score (nSPS) is 18.0. The van der Waals surface area contributed by atoms with Crippen molar-refractivity contribution in [2.24, 2.45) is 0 Å². The molecule has 1 fully saturated rings. The molecular weight excluding hydrogens is 362 g/mol. The highest BCUT2D eigenvalue weighted by molar-refractivity contribution is 7.89. The summed E-state index contributed by atoms with van der Waals surface area (Å²) in [7, 11) is -3.52. The fourth-order valence-corrected chi connectivity index (χ4v) is 5.24. The third-order valence-electron chi connectivity index (χ3n) is 4.95. The summed E-state index contributed by atoms with van der Waals surface area (Å²) in [4.78, 5) is 4.88. The lowest BCUT2D eigenvalue weighted by atomic mass is 10.1. The molecule has 0 radical (unpaired) electrons. The van der Waals surface area contributed by atoms with Crippen molar-refractivity contribution in [3.8, 4) is 11.5 Å². The van der Waals surface area contributed by atoms with Gasteiger partial charge in [-0.1, -0.05) is 48.5 Å². The molecule has 1 saturated heterocycles. The molecule has 0 saturated carbocycles. The average Bonchev–Trinajstić information content (AvgIpc) is 3.38. The highest BCUT2D eigenvalue weighted by Gasteiger charge is 2.36. The van der Waals surface area contributed by atoms with Crippen LogP contribution < -0.4 is 0 Å². The van der Waals surface area contributed by atoms with E-state index in [0.29, 0.717) is 42.5 Å². The van der Waals surface area contributed by atoms with Crippen LogP contribution in [0.25, 0.3) is 11.5 Å². The van der Waals surface area contributed by atoms with Gasteiger partial charge in [-0.25, -0.2) is 8.42 Å². The van der Waals surface area contributed by atoms with Crippen LogP contribution >= 0.6 is 0 Å². The minimum Gasteiger partial charge on any atom is -0.334 e. The van der Waals surface area contributed by atoms with Gasteiger partial charge in [0.05, 0.1) is 4.90 Å². The third kappa shape index (κ3) is 3.40. The molecule has 2 aromatic carbocycles. The third-order valence-corrected chi connectivity index (χ3v) is 6.92. The maximum Gasteiger partial charge on any atom is 0.257 e. The predicted octanol–water partition coefficient (Wildman–Crippen LogP) is 3.48. The van der Waals surface area contributed by atoms with Crippen LogP contribution in [0.1, 0.15) is 30.7 Å². The average molecular weight is 383 g/mol. The molecule has 0 bridgehead atoms. The minimum atomic E-state index is -3.52. The fraction of sp³-hybridized carbons (Fsp3) is 0.300. The van der Waals surface area contributed by atoms with Gasteiger partial charge in [0, 0.05) is 24.6 Å². The van der Waals surface area contributed by atoms with Gasteiger partial charge in [-0.15, -0.1) is 0 Å². The second kappa shape index (κ2) is 7.25. The molecule has 7 heteroatoms. The first-order valence-corrected chi connectivity index (χ1v) is 10.5. The first kappa shape index (κ1) is 17.9. The van der Waals surface area contributed by atoms with Crippen molar-refractivity contribution in [2.75, 3.05) is 13.1 Å². The molecule has 1 atom stereocenters. The highest BCUT2D eigenvalue weighted by atomic mass is 32.2. The van der Waals surface area contributed by atoms with Gasteiger partial charge in [0.2, 0.25) is 10.0 Å². The Hall–Kier alpha value is -2.51. The quantitative estimate of drug-likeness (QED) is 0.674. The molecule has 0 amide bonds. The first-order valence-electron chi connectivity index (χ1n) is 9.06. The predicted molar refractivity (Wildman–Crippen MR) is 102 cm³/mol. The lowest BCUT2D eigenvalue weighted by Crippen LogP contribution is -2.29. The van der Waals surface area contributed by atoms with Crippen LogP contribution in [0, 0.1) is 0 Å². The molecule has 3 aromatic rings. The van der Waals surface area contributed by atoms with E-state index in [9.17, 15) is 8.42 Å². The first-order chi connectivity index (χ1) is 13.1. The molecule has 140 valence electrons. The highest BCUT2D eigenvalue weighted by Crippen LogP contribution is 2.31. The topological polar surface area (TPSA) is 76.3 Å². The molecule has 27 heavy (non-hydrogen) atoms. The standard InChI is InChI=1S/C20H21N3O3S/c1-2-15-8-6-7-11-18(15)27(24,25)23-13-12-17(14-23)19-21-20(26-22-19)16-9-4-3-5-10-16/h3-11,17H,2,12-14H2,1H3/t17-/m1/s1. The van der Waals surface area contributed by atoms with Crippen LogP contribution in [0.5, 0.6) is 0 Å². The minimum absolute atomic E-state index is 0.0604. The Morgan fingerprint density at radius 1 is 1.11 bits per heavy atom. The van der Waals surface area contributed by atoms with Crippen molar-refractivity contribution >= 4 is 10.0 Å². The van der Waals surface area contributed by atoms with E-state index >= 15 is 0 Å². The van der Waals surface area contributed by atoms with E-state index in [-0.39, 0.29) is 5.92 Å². The van der Waals surface area contributed by atoms with Crippen LogP contribution in [0.15, 0.2) is 64.0 Å². The Labute approximate surface area is 158 Å². The summed E-state index contributed by atoms with van der Waals surface area (Å²) in [5.74, 6) is 0.966. The number of benzene rings is 2. The fourth-order valence-electron chi connectivity index (χ4n) is 3.44. The van der Waals surface area contributed by atoms with Gasteiger partial charge in [-0.3, -0.25) is 0 Å². The Balaban J connectivity index is 1.55. The zero-order valence-corrected chi connectivity index (χ0v) is 15.9. The molecule has 0 aliphatic carbocycles. The molecule has 0 N–H and O–H groups in total. The molecule has 0 unspecified atom stereocenters. The van der Waals surface area contributed by atoms with Crippen molar-refractivity contribution in [3.05, 3.63) is 66.0 Å². The van der Waals surface area contributed by atoms with Gasteiger partial charge in [0.25, 0.3) is 5.89 Å². The van der Waals surface area contributed by atoms with E-state index in [2.05, 4.69) is 10.1 Å². The Morgan fingerprint density at radius 2 is 1.85 bits per heavy atom. The number of rotatable bonds is 5. The number of nitrogens with zero attached hydrogens (tertiary/aromatic N) is 3. The number of aryl methyl sites for hydroxylation is 1. The van der Waals surface area contributed by atoms with Crippen LogP contribution in [-0.4, -0.2) is 36.0 Å². The Bertz CT molecular complexity index is 1030. The van der Waals surface area contributed by atoms with E-state index in [1.165, 1.54) is 4.31 Å². The van der Waals surface area contributed by atoms with E-state index in [0.717, 1.165) is 11.1 Å². The molecule has 0 spiro atoms. The van der Waals surface area contributed by atoms with Gasteiger partial charge in [0.15, 0.2) is 5.82 Å². The van der Waals surface area contributed by atoms with E-state index in [4.69, 9.17) is 4.52 Å². The summed E-state index contributed by atoms with van der Waals surface area (Å²) in [6, 6.07) is 16.8. The SMILES string of the molecule is CCc1ccccc1S(=O)(=O)N1CC[C@@H](c2noc(-c3ccccc3)n2)C1. The van der Waals surface area contributed by atoms with Crippen molar-refractivity contribution in [1.29, 1.82) is 0 Å². The zero-order valence-electron chi connectivity index (χ0n) is 15.1. The van der Waals surface area contributed by atoms with Crippen molar-refractivity contribution in [1.82, 2.24) is 14.4 Å². The van der Waals surface area contributed by atoms with Crippen LogP contribution in [0.2, 0.25) is 0 Å². The molecule has 2 heterocycles. The maximum absolute atomic E-state index is 13.1. The van der Waals surface area contributed by atoms with Crippen molar-refractivity contribution in [3.63, 3.8) is 0 Å². The number of hydrogen-bond acceptors (Lipinski definition) is 5. The summed E-state index contributed by atoms with van der Waals surface area (Å²) >= 11 is 0. The summed E-state index contributed by atoms with van der Waals surface area (Å²) in [6.45, 7) is 2.79. The van der Waals surface area contributed by atoms with E-state index in [1.54, 1.807) is 12.1 Å². The van der Waals surface area contributed by atoms with Crippen molar-refractivity contribution in [2.45, 2.75) is 30.6 Å². The Kier molecular flexibility index (Phi) is 4.80. The number of sulfonamides is 1. The zero-order chi connectivity index (χ0) is 18.9. The van der Waals surface area contributed by atoms with Gasteiger partial charge < -0.3 is 4.52 Å². The largest absolute Gasteiger partial charge is 0.334 e. The van der Waals surface area contributed by atoms with Crippen LogP contribution in [-0.2, 0) is 16.4 Å². The van der Waals surface area contributed by atoms with Gasteiger partial charge in [-0.2, -0.15) is 9.29 Å². The second-order valence-electron chi connectivity index (χ2n) is 6.63. The smallest absolute Gasteiger partial charge is 0.257 e. The van der Waals surface area contributed by atoms with E-state index in [1.807, 2.05) is 49.4 Å². The molecule has 1 aliphatic heterocycles. The maximum atomic E-state index is 13.1. The monoisotopic (exact) mass is 383 g/mol. The van der Waals surface area contributed by atoms with Gasteiger partial charge in [0.1, 0.15) is 0 Å². The van der Waals surface area contributed by atoms with Gasteiger partial charge in [-0.05, 0) is 36.6 Å². The van der Waals surface area contributed by atoms with Crippen molar-refractivity contribution < 1.29 is 12.9 Å². The molecule has 1 aromatic heterocycles. The number of hydrogen-bond donors (Lipinski definition) is 0. The summed E-state index contributed by atoms with van der Waals surface area (Å²) in [5, 5.41) is 4.09. The van der Waals surface area contributed by atoms with E-state index < -0.39 is 10.0 Å². The lowest BCUT2D eigenvalue weighted by Gasteiger charge is -2.18. The molecule has 6 nitrogen and oxygen atoms in total. The molecule has 4 rings (SSSR count). The second-order valence-corrected chi connectivity index (χ2v) is 8.54. The lowest BCUT2D eigenvalue weighted by molar-refractivity contribution is 0.414. The summed E-state index contributed by atoms with van der Waals surface area (Å²) in [6.07, 6.45) is 1.36. The van der Waals surface area contributed by atoms with Crippen LogP contribution in [0.3, 0.4) is 0 Å². The Morgan fingerprint density at radius 3 is 2.63 bits per heavy atom. The summed E-state index contributed by atoms with van der Waals surface area (Å²) < 4.78 is 33.1.